The zero-order valence-corrected chi connectivity index (χ0v) is 14.6. The van der Waals surface area contributed by atoms with Crippen LogP contribution in [0.1, 0.15) is 23.2 Å². The highest BCUT2D eigenvalue weighted by Crippen LogP contribution is 2.29. The molecule has 2 aromatic carbocycles. The maximum absolute atomic E-state index is 12.8. The first-order valence-corrected chi connectivity index (χ1v) is 8.64. The van der Waals surface area contributed by atoms with Crippen LogP contribution in [0.5, 0.6) is 0 Å². The van der Waals surface area contributed by atoms with Crippen LogP contribution in [-0.2, 0) is 0 Å². The Hall–Kier alpha value is -2.93. The van der Waals surface area contributed by atoms with Gasteiger partial charge < -0.3 is 15.5 Å². The third-order valence-corrected chi connectivity index (χ3v) is 4.67. The van der Waals surface area contributed by atoms with Crippen LogP contribution < -0.4 is 10.6 Å². The Morgan fingerprint density at radius 1 is 1.19 bits per heavy atom. The predicted octanol–water partition coefficient (Wildman–Crippen LogP) is 3.16. The summed E-state index contributed by atoms with van der Waals surface area (Å²) in [6.45, 7) is 1.75. The van der Waals surface area contributed by atoms with E-state index in [1.807, 2.05) is 30.3 Å². The van der Waals surface area contributed by atoms with Crippen molar-refractivity contribution in [1.29, 1.82) is 0 Å². The van der Waals surface area contributed by atoms with Gasteiger partial charge >= 0.3 is 0 Å². The second-order valence-corrected chi connectivity index (χ2v) is 6.38. The summed E-state index contributed by atoms with van der Waals surface area (Å²) in [5.41, 5.74) is 1.33. The molecular weight excluding hydrogens is 332 g/mol. The Labute approximate surface area is 152 Å². The van der Waals surface area contributed by atoms with E-state index in [0.717, 1.165) is 31.6 Å². The first-order valence-electron chi connectivity index (χ1n) is 8.64. The van der Waals surface area contributed by atoms with Gasteiger partial charge in [-0.3, -0.25) is 14.9 Å². The summed E-state index contributed by atoms with van der Waals surface area (Å²) in [5, 5.41) is 17.8. The summed E-state index contributed by atoms with van der Waals surface area (Å²) in [4.78, 5) is 25.5. The Kier molecular flexibility index (Phi) is 5.48. The Bertz CT molecular complexity index is 789. The van der Waals surface area contributed by atoms with Gasteiger partial charge in [-0.25, -0.2) is 0 Å². The molecule has 1 aliphatic rings. The topological polar surface area (TPSA) is 87.5 Å². The molecule has 0 radical (unpaired) electrons. The van der Waals surface area contributed by atoms with Gasteiger partial charge in [0, 0.05) is 30.4 Å². The number of benzene rings is 2. The van der Waals surface area contributed by atoms with Crippen LogP contribution in [0.2, 0.25) is 0 Å². The minimum Gasteiger partial charge on any atom is -0.350 e. The highest BCUT2D eigenvalue weighted by atomic mass is 16.6. The first kappa shape index (κ1) is 17.9. The van der Waals surface area contributed by atoms with E-state index in [1.165, 1.54) is 6.07 Å². The number of rotatable bonds is 5. The lowest BCUT2D eigenvalue weighted by atomic mass is 10.0. The van der Waals surface area contributed by atoms with Crippen LogP contribution in [-0.4, -0.2) is 41.9 Å². The third kappa shape index (κ3) is 4.00. The van der Waals surface area contributed by atoms with E-state index in [1.54, 1.807) is 24.1 Å². The van der Waals surface area contributed by atoms with E-state index < -0.39 is 4.92 Å². The van der Waals surface area contributed by atoms with E-state index in [-0.39, 0.29) is 17.6 Å². The highest BCUT2D eigenvalue weighted by Gasteiger charge is 2.25. The molecule has 0 atom stereocenters. The van der Waals surface area contributed by atoms with Gasteiger partial charge in [-0.1, -0.05) is 18.2 Å². The highest BCUT2D eigenvalue weighted by molar-refractivity contribution is 5.96. The molecule has 2 N–H and O–H groups in total. The maximum Gasteiger partial charge on any atom is 0.293 e. The number of nitrogens with zero attached hydrogens (tertiary/aromatic N) is 2. The molecule has 2 aromatic rings. The number of nitro benzene ring substituents is 1. The minimum atomic E-state index is -0.466. The smallest absolute Gasteiger partial charge is 0.293 e. The van der Waals surface area contributed by atoms with Crippen molar-refractivity contribution in [3.05, 3.63) is 64.2 Å². The number of para-hydroxylation sites is 1. The van der Waals surface area contributed by atoms with E-state index in [2.05, 4.69) is 10.6 Å². The monoisotopic (exact) mass is 354 g/mol. The Balaban J connectivity index is 1.83. The standard InChI is InChI=1S/C19H22N4O3/c1-22(16-9-11-20-12-10-16)19(24)14-7-8-17(18(13-14)23(25)26)21-15-5-3-2-4-6-15/h2-8,13,16,20-21H,9-12H2,1H3. The molecule has 136 valence electrons. The lowest BCUT2D eigenvalue weighted by Crippen LogP contribution is -2.43. The molecule has 0 bridgehead atoms. The minimum absolute atomic E-state index is 0.113. The van der Waals surface area contributed by atoms with Crippen molar-refractivity contribution < 1.29 is 9.72 Å². The number of nitro groups is 1. The fourth-order valence-corrected chi connectivity index (χ4v) is 3.16. The fraction of sp³-hybridized carbons (Fsp3) is 0.316. The molecule has 1 amide bonds. The summed E-state index contributed by atoms with van der Waals surface area (Å²) >= 11 is 0. The fourth-order valence-electron chi connectivity index (χ4n) is 3.16. The molecule has 1 heterocycles. The number of carbonyl (C=O) groups is 1. The molecule has 3 rings (SSSR count). The molecule has 0 spiro atoms. The van der Waals surface area contributed by atoms with Crippen LogP contribution in [0.3, 0.4) is 0 Å². The Morgan fingerprint density at radius 2 is 1.88 bits per heavy atom. The molecule has 0 aromatic heterocycles. The van der Waals surface area contributed by atoms with Crippen molar-refractivity contribution in [3.8, 4) is 0 Å². The van der Waals surface area contributed by atoms with Crippen LogP contribution in [0.4, 0.5) is 17.1 Å². The molecule has 7 heteroatoms. The average Bonchev–Trinajstić information content (AvgIpc) is 2.68. The number of piperidine rings is 1. The van der Waals surface area contributed by atoms with Gasteiger partial charge in [0.1, 0.15) is 5.69 Å². The van der Waals surface area contributed by atoms with Crippen molar-refractivity contribution >= 4 is 23.0 Å². The average molecular weight is 354 g/mol. The van der Waals surface area contributed by atoms with E-state index in [9.17, 15) is 14.9 Å². The lowest BCUT2D eigenvalue weighted by Gasteiger charge is -2.31. The molecule has 0 aliphatic carbocycles. The van der Waals surface area contributed by atoms with Crippen molar-refractivity contribution in [2.75, 3.05) is 25.5 Å². The molecule has 26 heavy (non-hydrogen) atoms. The SMILES string of the molecule is CN(C(=O)c1ccc(Nc2ccccc2)c([N+](=O)[O-])c1)C1CCNCC1. The molecule has 1 aliphatic heterocycles. The van der Waals surface area contributed by atoms with E-state index in [0.29, 0.717) is 11.3 Å². The number of hydrogen-bond donors (Lipinski definition) is 2. The van der Waals surface area contributed by atoms with Crippen molar-refractivity contribution in [1.82, 2.24) is 10.2 Å². The third-order valence-electron chi connectivity index (χ3n) is 4.67. The van der Waals surface area contributed by atoms with E-state index in [4.69, 9.17) is 0 Å². The van der Waals surface area contributed by atoms with Crippen LogP contribution in [0.25, 0.3) is 0 Å². The summed E-state index contributed by atoms with van der Waals surface area (Å²) in [6, 6.07) is 14.0. The van der Waals surface area contributed by atoms with Gasteiger partial charge in [0.15, 0.2) is 0 Å². The molecular formula is C19H22N4O3. The van der Waals surface area contributed by atoms with Gasteiger partial charge in [0.25, 0.3) is 11.6 Å². The Morgan fingerprint density at radius 3 is 2.54 bits per heavy atom. The largest absolute Gasteiger partial charge is 0.350 e. The molecule has 7 nitrogen and oxygen atoms in total. The summed E-state index contributed by atoms with van der Waals surface area (Å²) in [5.74, 6) is -0.189. The second-order valence-electron chi connectivity index (χ2n) is 6.38. The maximum atomic E-state index is 12.8. The summed E-state index contributed by atoms with van der Waals surface area (Å²) in [7, 11) is 1.76. The normalized spacial score (nSPS) is 14.7. The van der Waals surface area contributed by atoms with Crippen LogP contribution in [0.15, 0.2) is 48.5 Å². The number of anilines is 2. The van der Waals surface area contributed by atoms with Crippen molar-refractivity contribution in [3.63, 3.8) is 0 Å². The molecule has 1 fully saturated rings. The zero-order valence-electron chi connectivity index (χ0n) is 14.6. The van der Waals surface area contributed by atoms with E-state index >= 15 is 0 Å². The number of amides is 1. The second kappa shape index (κ2) is 7.97. The van der Waals surface area contributed by atoms with Crippen molar-refractivity contribution in [2.24, 2.45) is 0 Å². The summed E-state index contributed by atoms with van der Waals surface area (Å²) < 4.78 is 0. The predicted molar refractivity (Wildman–Crippen MR) is 101 cm³/mol. The molecule has 0 unspecified atom stereocenters. The van der Waals surface area contributed by atoms with Gasteiger partial charge in [0.2, 0.25) is 0 Å². The zero-order chi connectivity index (χ0) is 18.5. The first-order chi connectivity index (χ1) is 12.6. The van der Waals surface area contributed by atoms with Crippen LogP contribution >= 0.6 is 0 Å². The number of nitrogens with one attached hydrogen (secondary N) is 2. The molecule has 0 saturated carbocycles. The van der Waals surface area contributed by atoms with Gasteiger partial charge in [-0.2, -0.15) is 0 Å². The quantitative estimate of drug-likeness (QED) is 0.636. The lowest BCUT2D eigenvalue weighted by molar-refractivity contribution is -0.383. The van der Waals surface area contributed by atoms with Gasteiger partial charge in [0.05, 0.1) is 4.92 Å². The van der Waals surface area contributed by atoms with Crippen molar-refractivity contribution in [2.45, 2.75) is 18.9 Å². The molecule has 1 saturated heterocycles. The summed E-state index contributed by atoms with van der Waals surface area (Å²) in [6.07, 6.45) is 1.77. The van der Waals surface area contributed by atoms with Crippen LogP contribution in [0, 0.1) is 10.1 Å². The van der Waals surface area contributed by atoms with Gasteiger partial charge in [-0.15, -0.1) is 0 Å². The van der Waals surface area contributed by atoms with Gasteiger partial charge in [-0.05, 0) is 50.2 Å². The number of carbonyl (C=O) groups excluding carboxylic acids is 1. The number of hydrogen-bond acceptors (Lipinski definition) is 5.